The van der Waals surface area contributed by atoms with Gasteiger partial charge in [0.25, 0.3) is 0 Å². The third-order valence-corrected chi connectivity index (χ3v) is 3.79. The number of fused-ring (bicyclic) bond motifs is 1. The molecule has 0 amide bonds. The summed E-state index contributed by atoms with van der Waals surface area (Å²) in [6.45, 7) is 0. The van der Waals surface area contributed by atoms with Crippen LogP contribution in [0.3, 0.4) is 0 Å². The molecule has 0 bridgehead atoms. The van der Waals surface area contributed by atoms with Gasteiger partial charge in [-0.25, -0.2) is 0 Å². The van der Waals surface area contributed by atoms with Crippen molar-refractivity contribution >= 4 is 0 Å². The molecule has 3 rings (SSSR count). The van der Waals surface area contributed by atoms with E-state index in [4.69, 9.17) is 14.2 Å². The van der Waals surface area contributed by atoms with E-state index in [1.54, 1.807) is 20.3 Å². The molecular formula is C17H18O4. The number of phenols is 1. The van der Waals surface area contributed by atoms with Crippen LogP contribution in [0.1, 0.15) is 23.7 Å². The van der Waals surface area contributed by atoms with Crippen LogP contribution in [0.15, 0.2) is 36.4 Å². The van der Waals surface area contributed by atoms with Crippen molar-refractivity contribution in [1.29, 1.82) is 0 Å². The van der Waals surface area contributed by atoms with Gasteiger partial charge in [-0.1, -0.05) is 6.07 Å². The summed E-state index contributed by atoms with van der Waals surface area (Å²) in [7, 11) is 3.21. The number of aromatic hydroxyl groups is 1. The second-order valence-corrected chi connectivity index (χ2v) is 5.05. The van der Waals surface area contributed by atoms with Crippen LogP contribution in [0.4, 0.5) is 0 Å². The average molecular weight is 286 g/mol. The Kier molecular flexibility index (Phi) is 3.60. The predicted octanol–water partition coefficient (Wildman–Crippen LogP) is 3.48. The molecule has 0 saturated carbocycles. The highest BCUT2D eigenvalue weighted by molar-refractivity contribution is 5.45. The molecule has 1 aliphatic heterocycles. The first-order chi connectivity index (χ1) is 10.2. The molecule has 21 heavy (non-hydrogen) atoms. The Hall–Kier alpha value is -2.36. The SMILES string of the molecule is COc1ccc2c(c1)CCC(c1ccc(O)c(OC)c1)O2. The van der Waals surface area contributed by atoms with Crippen molar-refractivity contribution in [3.63, 3.8) is 0 Å². The van der Waals surface area contributed by atoms with E-state index in [2.05, 4.69) is 0 Å². The van der Waals surface area contributed by atoms with Crippen LogP contribution in [0.5, 0.6) is 23.0 Å². The number of methoxy groups -OCH3 is 2. The molecule has 1 aliphatic rings. The zero-order valence-corrected chi connectivity index (χ0v) is 12.1. The summed E-state index contributed by atoms with van der Waals surface area (Å²) in [6.07, 6.45) is 1.79. The van der Waals surface area contributed by atoms with Crippen LogP contribution in [0, 0.1) is 0 Å². The standard InChI is InChI=1S/C17H18O4/c1-19-13-5-8-16-11(9-13)4-7-15(21-16)12-3-6-14(18)17(10-12)20-2/h3,5-6,8-10,15,18H,4,7H2,1-2H3. The first kappa shape index (κ1) is 13.6. The fraction of sp³-hybridized carbons (Fsp3) is 0.294. The van der Waals surface area contributed by atoms with E-state index in [9.17, 15) is 5.11 Å². The summed E-state index contributed by atoms with van der Waals surface area (Å²) in [4.78, 5) is 0. The van der Waals surface area contributed by atoms with Gasteiger partial charge in [0.1, 0.15) is 17.6 Å². The first-order valence-corrected chi connectivity index (χ1v) is 6.91. The minimum atomic E-state index is -0.0274. The van der Waals surface area contributed by atoms with Crippen molar-refractivity contribution in [3.8, 4) is 23.0 Å². The van der Waals surface area contributed by atoms with Crippen molar-refractivity contribution in [2.75, 3.05) is 14.2 Å². The van der Waals surface area contributed by atoms with Gasteiger partial charge < -0.3 is 19.3 Å². The number of phenolic OH excluding ortho intramolecular Hbond substituents is 1. The highest BCUT2D eigenvalue weighted by atomic mass is 16.5. The summed E-state index contributed by atoms with van der Waals surface area (Å²) in [5.41, 5.74) is 2.17. The highest BCUT2D eigenvalue weighted by Crippen LogP contribution is 2.38. The lowest BCUT2D eigenvalue weighted by Crippen LogP contribution is -2.15. The Morgan fingerprint density at radius 1 is 1.10 bits per heavy atom. The molecule has 0 aromatic heterocycles. The number of aryl methyl sites for hydroxylation is 1. The van der Waals surface area contributed by atoms with Gasteiger partial charge in [0.05, 0.1) is 14.2 Å². The number of ether oxygens (including phenoxy) is 3. The quantitative estimate of drug-likeness (QED) is 0.938. The molecule has 4 heteroatoms. The number of hydrogen-bond donors (Lipinski definition) is 1. The summed E-state index contributed by atoms with van der Waals surface area (Å²) >= 11 is 0. The lowest BCUT2D eigenvalue weighted by molar-refractivity contribution is 0.175. The van der Waals surface area contributed by atoms with E-state index in [-0.39, 0.29) is 11.9 Å². The van der Waals surface area contributed by atoms with E-state index in [0.717, 1.165) is 35.5 Å². The summed E-state index contributed by atoms with van der Waals surface area (Å²) < 4.78 is 16.5. The molecule has 0 fully saturated rings. The highest BCUT2D eigenvalue weighted by Gasteiger charge is 2.22. The maximum Gasteiger partial charge on any atom is 0.160 e. The molecule has 110 valence electrons. The Morgan fingerprint density at radius 3 is 2.71 bits per heavy atom. The van der Waals surface area contributed by atoms with Gasteiger partial charge in [-0.15, -0.1) is 0 Å². The second kappa shape index (κ2) is 5.56. The van der Waals surface area contributed by atoms with Gasteiger partial charge in [-0.05, 0) is 54.3 Å². The fourth-order valence-corrected chi connectivity index (χ4v) is 2.62. The lowest BCUT2D eigenvalue weighted by Gasteiger charge is -2.27. The van der Waals surface area contributed by atoms with E-state index in [1.165, 1.54) is 0 Å². The molecule has 0 radical (unpaired) electrons. The van der Waals surface area contributed by atoms with Crippen LogP contribution in [0.2, 0.25) is 0 Å². The number of hydrogen-bond acceptors (Lipinski definition) is 4. The van der Waals surface area contributed by atoms with E-state index in [1.807, 2.05) is 30.3 Å². The predicted molar refractivity (Wildman–Crippen MR) is 79.3 cm³/mol. The molecule has 0 aliphatic carbocycles. The molecule has 1 unspecified atom stereocenters. The molecule has 1 heterocycles. The van der Waals surface area contributed by atoms with Gasteiger partial charge in [-0.2, -0.15) is 0 Å². The zero-order valence-electron chi connectivity index (χ0n) is 12.1. The van der Waals surface area contributed by atoms with Gasteiger partial charge in [0.15, 0.2) is 11.5 Å². The minimum absolute atomic E-state index is 0.0274. The van der Waals surface area contributed by atoms with Crippen LogP contribution >= 0.6 is 0 Å². The van der Waals surface area contributed by atoms with E-state index in [0.29, 0.717) is 5.75 Å². The van der Waals surface area contributed by atoms with Crippen LogP contribution in [0.25, 0.3) is 0 Å². The Labute approximate surface area is 123 Å². The topological polar surface area (TPSA) is 47.9 Å². The lowest BCUT2D eigenvalue weighted by atomic mass is 9.97. The Balaban J connectivity index is 1.86. The third-order valence-electron chi connectivity index (χ3n) is 3.79. The molecular weight excluding hydrogens is 268 g/mol. The van der Waals surface area contributed by atoms with Gasteiger partial charge in [-0.3, -0.25) is 0 Å². The van der Waals surface area contributed by atoms with Crippen molar-refractivity contribution in [2.45, 2.75) is 18.9 Å². The number of benzene rings is 2. The third kappa shape index (κ3) is 2.61. The summed E-state index contributed by atoms with van der Waals surface area (Å²) in [6, 6.07) is 11.2. The van der Waals surface area contributed by atoms with E-state index < -0.39 is 0 Å². The molecule has 0 saturated heterocycles. The first-order valence-electron chi connectivity index (χ1n) is 6.91. The molecule has 2 aromatic rings. The smallest absolute Gasteiger partial charge is 0.160 e. The van der Waals surface area contributed by atoms with Crippen LogP contribution in [-0.4, -0.2) is 19.3 Å². The minimum Gasteiger partial charge on any atom is -0.504 e. The average Bonchev–Trinajstić information content (AvgIpc) is 2.54. The molecule has 2 aromatic carbocycles. The monoisotopic (exact) mass is 286 g/mol. The van der Waals surface area contributed by atoms with Gasteiger partial charge in [0.2, 0.25) is 0 Å². The summed E-state index contributed by atoms with van der Waals surface area (Å²) in [5, 5.41) is 9.67. The maximum atomic E-state index is 9.67. The van der Waals surface area contributed by atoms with Crippen molar-refractivity contribution in [1.82, 2.24) is 0 Å². The van der Waals surface area contributed by atoms with Crippen molar-refractivity contribution in [3.05, 3.63) is 47.5 Å². The largest absolute Gasteiger partial charge is 0.504 e. The second-order valence-electron chi connectivity index (χ2n) is 5.05. The zero-order chi connectivity index (χ0) is 14.8. The van der Waals surface area contributed by atoms with Crippen LogP contribution in [-0.2, 0) is 6.42 Å². The van der Waals surface area contributed by atoms with Gasteiger partial charge in [0, 0.05) is 0 Å². The summed E-state index contributed by atoms with van der Waals surface area (Å²) in [5.74, 6) is 2.35. The fourth-order valence-electron chi connectivity index (χ4n) is 2.62. The van der Waals surface area contributed by atoms with Crippen molar-refractivity contribution < 1.29 is 19.3 Å². The van der Waals surface area contributed by atoms with E-state index >= 15 is 0 Å². The molecule has 1 N–H and O–H groups in total. The van der Waals surface area contributed by atoms with Crippen molar-refractivity contribution in [2.24, 2.45) is 0 Å². The Morgan fingerprint density at radius 2 is 1.95 bits per heavy atom. The molecule has 4 nitrogen and oxygen atoms in total. The Bertz CT molecular complexity index is 651. The van der Waals surface area contributed by atoms with Crippen LogP contribution < -0.4 is 14.2 Å². The molecule has 0 spiro atoms. The maximum absolute atomic E-state index is 9.67. The molecule has 1 atom stereocenters. The normalized spacial score (nSPS) is 16.8. The number of rotatable bonds is 3. The van der Waals surface area contributed by atoms with Gasteiger partial charge >= 0.3 is 0 Å².